The summed E-state index contributed by atoms with van der Waals surface area (Å²) in [6.45, 7) is 0. The number of rotatable bonds is 4. The van der Waals surface area contributed by atoms with Crippen molar-refractivity contribution in [1.82, 2.24) is 0 Å². The summed E-state index contributed by atoms with van der Waals surface area (Å²) in [4.78, 5) is 0. The first-order chi connectivity index (χ1) is 10.8. The summed E-state index contributed by atoms with van der Waals surface area (Å²) in [6.07, 6.45) is 0. The molecule has 0 atom stereocenters. The van der Waals surface area contributed by atoms with Gasteiger partial charge in [0.05, 0.1) is 6.04 Å². The molecule has 3 rings (SSSR count). The van der Waals surface area contributed by atoms with E-state index in [0.717, 1.165) is 11.1 Å². The normalized spacial score (nSPS) is 10.7. The van der Waals surface area contributed by atoms with Gasteiger partial charge in [-0.15, -0.1) is 0 Å². The van der Waals surface area contributed by atoms with Crippen LogP contribution in [0.4, 0.5) is 14.5 Å². The summed E-state index contributed by atoms with van der Waals surface area (Å²) in [5.41, 5.74) is 1.77. The molecule has 3 aromatic rings. The van der Waals surface area contributed by atoms with E-state index >= 15 is 0 Å². The SMILES string of the molecule is Fc1cccc(F)c1NC(c1ccccc1)c1ccccc1. The van der Waals surface area contributed by atoms with Crippen LogP contribution in [-0.2, 0) is 0 Å². The van der Waals surface area contributed by atoms with Crippen LogP contribution in [0.5, 0.6) is 0 Å². The fourth-order valence-corrected chi connectivity index (χ4v) is 2.43. The van der Waals surface area contributed by atoms with Gasteiger partial charge in [-0.2, -0.15) is 0 Å². The molecular formula is C19H15F2N. The molecule has 0 heterocycles. The van der Waals surface area contributed by atoms with Crippen LogP contribution in [-0.4, -0.2) is 0 Å². The Labute approximate surface area is 128 Å². The van der Waals surface area contributed by atoms with Crippen LogP contribution in [0.3, 0.4) is 0 Å². The van der Waals surface area contributed by atoms with Crippen molar-refractivity contribution in [3.63, 3.8) is 0 Å². The molecule has 0 saturated heterocycles. The topological polar surface area (TPSA) is 12.0 Å². The third kappa shape index (κ3) is 2.98. The van der Waals surface area contributed by atoms with Gasteiger partial charge < -0.3 is 5.32 Å². The highest BCUT2D eigenvalue weighted by Gasteiger charge is 2.17. The summed E-state index contributed by atoms with van der Waals surface area (Å²) in [6, 6.07) is 22.7. The lowest BCUT2D eigenvalue weighted by Crippen LogP contribution is -2.14. The average Bonchev–Trinajstić information content (AvgIpc) is 2.56. The minimum atomic E-state index is -0.600. The molecule has 0 spiro atoms. The summed E-state index contributed by atoms with van der Waals surface area (Å²) in [5.74, 6) is -1.20. The van der Waals surface area contributed by atoms with Crippen LogP contribution >= 0.6 is 0 Å². The van der Waals surface area contributed by atoms with Gasteiger partial charge >= 0.3 is 0 Å². The molecule has 0 fully saturated rings. The third-order valence-electron chi connectivity index (χ3n) is 3.52. The van der Waals surface area contributed by atoms with Crippen LogP contribution < -0.4 is 5.32 Å². The van der Waals surface area contributed by atoms with E-state index in [1.54, 1.807) is 0 Å². The van der Waals surface area contributed by atoms with Gasteiger partial charge in [-0.05, 0) is 23.3 Å². The lowest BCUT2D eigenvalue weighted by molar-refractivity contribution is 0.586. The molecule has 0 aromatic heterocycles. The molecule has 0 unspecified atom stereocenters. The Morgan fingerprint density at radius 3 is 1.50 bits per heavy atom. The number of nitrogens with one attached hydrogen (secondary N) is 1. The lowest BCUT2D eigenvalue weighted by atomic mass is 9.98. The lowest BCUT2D eigenvalue weighted by Gasteiger charge is -2.21. The van der Waals surface area contributed by atoms with Crippen molar-refractivity contribution in [2.45, 2.75) is 6.04 Å². The van der Waals surface area contributed by atoms with Crippen molar-refractivity contribution in [1.29, 1.82) is 0 Å². The third-order valence-corrected chi connectivity index (χ3v) is 3.52. The largest absolute Gasteiger partial charge is 0.369 e. The van der Waals surface area contributed by atoms with Gasteiger partial charge in [-0.25, -0.2) is 8.78 Å². The Morgan fingerprint density at radius 2 is 1.05 bits per heavy atom. The average molecular weight is 295 g/mol. The van der Waals surface area contributed by atoms with E-state index in [1.165, 1.54) is 18.2 Å². The fraction of sp³-hybridized carbons (Fsp3) is 0.0526. The Kier molecular flexibility index (Phi) is 4.15. The van der Waals surface area contributed by atoms with Crippen molar-refractivity contribution < 1.29 is 8.78 Å². The molecule has 0 aliphatic carbocycles. The summed E-state index contributed by atoms with van der Waals surface area (Å²) in [5, 5.41) is 3.00. The maximum Gasteiger partial charge on any atom is 0.149 e. The Bertz CT molecular complexity index is 682. The van der Waals surface area contributed by atoms with E-state index < -0.39 is 11.6 Å². The molecule has 1 N–H and O–H groups in total. The molecule has 0 radical (unpaired) electrons. The van der Waals surface area contributed by atoms with Crippen LogP contribution in [0.15, 0.2) is 78.9 Å². The second-order valence-corrected chi connectivity index (χ2v) is 5.00. The van der Waals surface area contributed by atoms with Crippen LogP contribution in [0, 0.1) is 11.6 Å². The molecular weight excluding hydrogens is 280 g/mol. The Morgan fingerprint density at radius 1 is 0.591 bits per heavy atom. The second-order valence-electron chi connectivity index (χ2n) is 5.00. The number of hydrogen-bond acceptors (Lipinski definition) is 1. The number of benzene rings is 3. The van der Waals surface area contributed by atoms with Gasteiger partial charge in [-0.1, -0.05) is 66.7 Å². The first-order valence-corrected chi connectivity index (χ1v) is 7.06. The van der Waals surface area contributed by atoms with Gasteiger partial charge in [0, 0.05) is 0 Å². The molecule has 3 aromatic carbocycles. The second kappa shape index (κ2) is 6.39. The standard InChI is InChI=1S/C19H15F2N/c20-16-12-7-13-17(21)19(16)22-18(14-8-3-1-4-9-14)15-10-5-2-6-11-15/h1-13,18,22H. The predicted octanol–water partition coefficient (Wildman–Crippen LogP) is 5.17. The quantitative estimate of drug-likeness (QED) is 0.700. The highest BCUT2D eigenvalue weighted by atomic mass is 19.1. The van der Waals surface area contributed by atoms with E-state index in [0.29, 0.717) is 0 Å². The first-order valence-electron chi connectivity index (χ1n) is 7.06. The minimum Gasteiger partial charge on any atom is -0.369 e. The van der Waals surface area contributed by atoms with Crippen molar-refractivity contribution >= 4 is 5.69 Å². The highest BCUT2D eigenvalue weighted by Crippen LogP contribution is 2.29. The number of hydrogen-bond donors (Lipinski definition) is 1. The van der Waals surface area contributed by atoms with Crippen LogP contribution in [0.25, 0.3) is 0 Å². The zero-order chi connectivity index (χ0) is 15.4. The molecule has 3 heteroatoms. The molecule has 0 aliphatic heterocycles. The molecule has 0 aliphatic rings. The van der Waals surface area contributed by atoms with Gasteiger partial charge in [0.15, 0.2) is 0 Å². The van der Waals surface area contributed by atoms with Crippen molar-refractivity contribution in [3.05, 3.63) is 102 Å². The summed E-state index contributed by atoms with van der Waals surface area (Å²) >= 11 is 0. The van der Waals surface area contributed by atoms with Crippen LogP contribution in [0.2, 0.25) is 0 Å². The first kappa shape index (κ1) is 14.3. The molecule has 22 heavy (non-hydrogen) atoms. The monoisotopic (exact) mass is 295 g/mol. The van der Waals surface area contributed by atoms with E-state index in [2.05, 4.69) is 5.32 Å². The van der Waals surface area contributed by atoms with E-state index in [1.807, 2.05) is 60.7 Å². The van der Waals surface area contributed by atoms with E-state index in [4.69, 9.17) is 0 Å². The summed E-state index contributed by atoms with van der Waals surface area (Å²) < 4.78 is 27.9. The predicted molar refractivity (Wildman–Crippen MR) is 84.7 cm³/mol. The van der Waals surface area contributed by atoms with E-state index in [9.17, 15) is 8.78 Å². The smallest absolute Gasteiger partial charge is 0.149 e. The number of anilines is 1. The van der Waals surface area contributed by atoms with Gasteiger partial charge in [0.2, 0.25) is 0 Å². The molecule has 0 bridgehead atoms. The maximum absolute atomic E-state index is 13.9. The number of halogens is 2. The zero-order valence-electron chi connectivity index (χ0n) is 11.8. The molecule has 1 nitrogen and oxygen atoms in total. The number of para-hydroxylation sites is 1. The molecule has 0 saturated carbocycles. The van der Waals surface area contributed by atoms with Gasteiger partial charge in [0.1, 0.15) is 17.3 Å². The van der Waals surface area contributed by atoms with Crippen molar-refractivity contribution in [3.8, 4) is 0 Å². The Hall–Kier alpha value is -2.68. The molecule has 0 amide bonds. The summed E-state index contributed by atoms with van der Waals surface area (Å²) in [7, 11) is 0. The van der Waals surface area contributed by atoms with Crippen molar-refractivity contribution in [2.75, 3.05) is 5.32 Å². The molecule has 110 valence electrons. The van der Waals surface area contributed by atoms with Gasteiger partial charge in [-0.3, -0.25) is 0 Å². The van der Waals surface area contributed by atoms with Crippen LogP contribution in [0.1, 0.15) is 17.2 Å². The Balaban J connectivity index is 2.03. The fourth-order valence-electron chi connectivity index (χ4n) is 2.43. The minimum absolute atomic E-state index is 0.111. The highest BCUT2D eigenvalue weighted by molar-refractivity contribution is 5.51. The van der Waals surface area contributed by atoms with Crippen molar-refractivity contribution in [2.24, 2.45) is 0 Å². The maximum atomic E-state index is 13.9. The van der Waals surface area contributed by atoms with E-state index in [-0.39, 0.29) is 11.7 Å². The van der Waals surface area contributed by atoms with Gasteiger partial charge in [0.25, 0.3) is 0 Å². The zero-order valence-corrected chi connectivity index (χ0v) is 11.8.